The molecule has 100 valence electrons. The molecule has 0 aromatic heterocycles. The van der Waals surface area contributed by atoms with Crippen LogP contribution in [0.2, 0.25) is 0 Å². The van der Waals surface area contributed by atoms with Crippen molar-refractivity contribution in [3.63, 3.8) is 0 Å². The largest absolute Gasteiger partial charge is 0.481 e. The van der Waals surface area contributed by atoms with Gasteiger partial charge in [-0.1, -0.05) is 30.3 Å². The van der Waals surface area contributed by atoms with Crippen molar-refractivity contribution in [3.05, 3.63) is 35.9 Å². The Balaban J connectivity index is 2.17. The minimum absolute atomic E-state index is 0.00108. The zero-order valence-corrected chi connectivity index (χ0v) is 10.0. The second kappa shape index (κ2) is 7.81. The van der Waals surface area contributed by atoms with Gasteiger partial charge in [0.05, 0.1) is 31.8 Å². The highest BCUT2D eigenvalue weighted by atomic mass is 16.5. The first kappa shape index (κ1) is 14.6. The molecule has 0 amide bonds. The Hall–Kier alpha value is -1.43. The molecule has 0 spiro atoms. The average molecular weight is 254 g/mol. The summed E-state index contributed by atoms with van der Waals surface area (Å²) in [4.78, 5) is 10.3. The lowest BCUT2D eigenvalue weighted by Crippen LogP contribution is -2.24. The molecule has 3 N–H and O–H groups in total. The fraction of sp³-hybridized carbons (Fsp3) is 0.462. The third kappa shape index (κ3) is 6.34. The number of hydrogen-bond donors (Lipinski definition) is 3. The summed E-state index contributed by atoms with van der Waals surface area (Å²) in [6, 6.07) is 9.51. The summed E-state index contributed by atoms with van der Waals surface area (Å²) in [6.07, 6.45) is -2.27. The Bertz CT molecular complexity index is 352. The summed E-state index contributed by atoms with van der Waals surface area (Å²) >= 11 is 0. The van der Waals surface area contributed by atoms with Crippen LogP contribution in [0.15, 0.2) is 30.3 Å². The van der Waals surface area contributed by atoms with Gasteiger partial charge in [0.2, 0.25) is 0 Å². The van der Waals surface area contributed by atoms with Crippen LogP contribution < -0.4 is 0 Å². The van der Waals surface area contributed by atoms with Crippen LogP contribution in [0.4, 0.5) is 0 Å². The fourth-order valence-electron chi connectivity index (χ4n) is 1.55. The van der Waals surface area contributed by atoms with E-state index in [0.29, 0.717) is 6.61 Å². The van der Waals surface area contributed by atoms with E-state index in [9.17, 15) is 15.0 Å². The Kier molecular flexibility index (Phi) is 6.35. The van der Waals surface area contributed by atoms with Crippen LogP contribution in [-0.4, -0.2) is 40.1 Å². The normalized spacial score (nSPS) is 14.1. The Morgan fingerprint density at radius 1 is 1.17 bits per heavy atom. The van der Waals surface area contributed by atoms with Crippen LogP contribution in [0.3, 0.4) is 0 Å². The maximum absolute atomic E-state index is 10.3. The molecule has 0 aliphatic carbocycles. The van der Waals surface area contributed by atoms with E-state index in [1.807, 2.05) is 30.3 Å². The van der Waals surface area contributed by atoms with Crippen molar-refractivity contribution >= 4 is 5.97 Å². The van der Waals surface area contributed by atoms with Crippen molar-refractivity contribution in [1.29, 1.82) is 0 Å². The average Bonchev–Trinajstić information content (AvgIpc) is 2.29. The van der Waals surface area contributed by atoms with Gasteiger partial charge < -0.3 is 20.1 Å². The highest BCUT2D eigenvalue weighted by molar-refractivity contribution is 5.67. The van der Waals surface area contributed by atoms with E-state index in [1.54, 1.807) is 0 Å². The highest BCUT2D eigenvalue weighted by Gasteiger charge is 2.15. The number of carboxylic acids is 1. The zero-order valence-electron chi connectivity index (χ0n) is 10.0. The van der Waals surface area contributed by atoms with E-state index < -0.39 is 18.2 Å². The fourth-order valence-corrected chi connectivity index (χ4v) is 1.55. The van der Waals surface area contributed by atoms with E-state index in [-0.39, 0.29) is 19.4 Å². The van der Waals surface area contributed by atoms with Crippen molar-refractivity contribution < 1.29 is 24.9 Å². The molecule has 0 unspecified atom stereocenters. The number of carboxylic acid groups (broad SMARTS) is 1. The van der Waals surface area contributed by atoms with Gasteiger partial charge in [-0.05, 0) is 5.56 Å². The van der Waals surface area contributed by atoms with Crippen LogP contribution in [-0.2, 0) is 16.1 Å². The van der Waals surface area contributed by atoms with Crippen LogP contribution in [0.25, 0.3) is 0 Å². The van der Waals surface area contributed by atoms with Gasteiger partial charge in [-0.3, -0.25) is 4.79 Å². The van der Waals surface area contributed by atoms with E-state index in [2.05, 4.69) is 0 Å². The summed E-state index contributed by atoms with van der Waals surface area (Å²) in [7, 11) is 0. The molecule has 0 aliphatic rings. The van der Waals surface area contributed by atoms with Crippen molar-refractivity contribution in [2.75, 3.05) is 6.61 Å². The van der Waals surface area contributed by atoms with Gasteiger partial charge in [-0.15, -0.1) is 0 Å². The minimum atomic E-state index is -1.08. The quantitative estimate of drug-likeness (QED) is 0.638. The molecule has 1 aromatic carbocycles. The summed E-state index contributed by atoms with van der Waals surface area (Å²) in [5, 5.41) is 27.3. The summed E-state index contributed by atoms with van der Waals surface area (Å²) in [5.74, 6) is -1.08. The number of hydrogen-bond acceptors (Lipinski definition) is 4. The molecule has 18 heavy (non-hydrogen) atoms. The molecule has 0 saturated carbocycles. The van der Waals surface area contributed by atoms with Gasteiger partial charge in [0, 0.05) is 6.42 Å². The molecule has 5 nitrogen and oxygen atoms in total. The molecule has 2 atom stereocenters. The predicted molar refractivity (Wildman–Crippen MR) is 65.0 cm³/mol. The standard InChI is InChI=1S/C13H18O5/c14-11(7-13(16)17)6-12(15)9-18-8-10-4-2-1-3-5-10/h1-5,11-12,14-15H,6-9H2,(H,16,17)/t11-,12-/m1/s1. The second-order valence-electron chi connectivity index (χ2n) is 4.14. The van der Waals surface area contributed by atoms with Crippen molar-refractivity contribution in [3.8, 4) is 0 Å². The summed E-state index contributed by atoms with van der Waals surface area (Å²) < 4.78 is 5.28. The smallest absolute Gasteiger partial charge is 0.305 e. The molecule has 1 aromatic rings. The minimum Gasteiger partial charge on any atom is -0.481 e. The van der Waals surface area contributed by atoms with Gasteiger partial charge >= 0.3 is 5.97 Å². The van der Waals surface area contributed by atoms with Crippen LogP contribution in [0, 0.1) is 0 Å². The van der Waals surface area contributed by atoms with Crippen molar-refractivity contribution in [2.24, 2.45) is 0 Å². The Labute approximate surface area is 106 Å². The van der Waals surface area contributed by atoms with Gasteiger partial charge in [0.15, 0.2) is 0 Å². The van der Waals surface area contributed by atoms with Gasteiger partial charge in [-0.25, -0.2) is 0 Å². The number of benzene rings is 1. The Morgan fingerprint density at radius 3 is 2.44 bits per heavy atom. The van der Waals surface area contributed by atoms with E-state index in [0.717, 1.165) is 5.56 Å². The van der Waals surface area contributed by atoms with Crippen LogP contribution in [0.5, 0.6) is 0 Å². The first-order chi connectivity index (χ1) is 8.58. The molecule has 0 fully saturated rings. The van der Waals surface area contributed by atoms with Gasteiger partial charge in [0.1, 0.15) is 0 Å². The number of aliphatic hydroxyl groups excluding tert-OH is 2. The third-order valence-corrected chi connectivity index (χ3v) is 2.38. The monoisotopic (exact) mass is 254 g/mol. The van der Waals surface area contributed by atoms with Crippen molar-refractivity contribution in [2.45, 2.75) is 31.7 Å². The van der Waals surface area contributed by atoms with E-state index >= 15 is 0 Å². The Morgan fingerprint density at radius 2 is 1.83 bits per heavy atom. The molecule has 0 bridgehead atoms. The lowest BCUT2D eigenvalue weighted by molar-refractivity contribution is -0.139. The number of carbonyl (C=O) groups is 1. The SMILES string of the molecule is O=C(O)C[C@H](O)C[C@@H](O)COCc1ccccc1. The maximum Gasteiger partial charge on any atom is 0.305 e. The molecule has 0 heterocycles. The highest BCUT2D eigenvalue weighted by Crippen LogP contribution is 2.05. The van der Waals surface area contributed by atoms with E-state index in [4.69, 9.17) is 9.84 Å². The summed E-state index contributed by atoms with van der Waals surface area (Å²) in [5.41, 5.74) is 0.996. The number of aliphatic carboxylic acids is 1. The second-order valence-corrected chi connectivity index (χ2v) is 4.14. The first-order valence-electron chi connectivity index (χ1n) is 5.77. The van der Waals surface area contributed by atoms with Crippen molar-refractivity contribution in [1.82, 2.24) is 0 Å². The first-order valence-corrected chi connectivity index (χ1v) is 5.77. The molecular weight excluding hydrogens is 236 g/mol. The molecule has 0 saturated heterocycles. The lowest BCUT2D eigenvalue weighted by atomic mass is 10.1. The topological polar surface area (TPSA) is 87.0 Å². The van der Waals surface area contributed by atoms with E-state index in [1.165, 1.54) is 0 Å². The molecular formula is C13H18O5. The van der Waals surface area contributed by atoms with Gasteiger partial charge in [0.25, 0.3) is 0 Å². The number of rotatable bonds is 8. The molecule has 1 rings (SSSR count). The predicted octanol–water partition coefficient (Wildman–Crippen LogP) is 0.790. The number of ether oxygens (including phenoxy) is 1. The summed E-state index contributed by atoms with van der Waals surface area (Å²) in [6.45, 7) is 0.457. The van der Waals surface area contributed by atoms with Crippen LogP contribution >= 0.6 is 0 Å². The maximum atomic E-state index is 10.3. The number of aliphatic hydroxyl groups is 2. The molecule has 0 radical (unpaired) electrons. The molecule has 5 heteroatoms. The molecule has 0 aliphatic heterocycles. The lowest BCUT2D eigenvalue weighted by Gasteiger charge is -2.14. The van der Waals surface area contributed by atoms with Gasteiger partial charge in [-0.2, -0.15) is 0 Å². The zero-order chi connectivity index (χ0) is 13.4. The third-order valence-electron chi connectivity index (χ3n) is 2.38. The van der Waals surface area contributed by atoms with Crippen LogP contribution in [0.1, 0.15) is 18.4 Å².